The van der Waals surface area contributed by atoms with E-state index in [1.54, 1.807) is 37.3 Å². The van der Waals surface area contributed by atoms with Gasteiger partial charge in [0.15, 0.2) is 0 Å². The van der Waals surface area contributed by atoms with Crippen LogP contribution in [0, 0.1) is 24.1 Å². The van der Waals surface area contributed by atoms with E-state index in [9.17, 15) is 14.4 Å². The van der Waals surface area contributed by atoms with E-state index in [1.165, 1.54) is 23.0 Å². The largest absolute Gasteiger partial charge is 0.467 e. The molecule has 0 bridgehead atoms. The lowest BCUT2D eigenvalue weighted by Gasteiger charge is -2.27. The molecule has 1 atom stereocenters. The highest BCUT2D eigenvalue weighted by atomic mass is 19.1. The minimum Gasteiger partial charge on any atom is -0.467 e. The Balaban J connectivity index is 1.97. The minimum absolute atomic E-state index is 0.00287. The molecule has 6 nitrogen and oxygen atoms in total. The van der Waals surface area contributed by atoms with E-state index in [-0.39, 0.29) is 40.4 Å². The number of fused-ring (bicyclic) bond motifs is 1. The average molecular weight is 377 g/mol. The number of nitrogens with zero attached hydrogens (tertiary/aromatic N) is 2. The van der Waals surface area contributed by atoms with Crippen LogP contribution in [0.3, 0.4) is 0 Å². The summed E-state index contributed by atoms with van der Waals surface area (Å²) in [5.41, 5.74) is 6.52. The van der Waals surface area contributed by atoms with Gasteiger partial charge in [0.2, 0.25) is 5.88 Å². The van der Waals surface area contributed by atoms with Crippen LogP contribution < -0.4 is 16.0 Å². The number of allylic oxidation sites excluding steroid dienone is 1. The molecule has 0 aliphatic carbocycles. The zero-order valence-corrected chi connectivity index (χ0v) is 15.0. The molecule has 0 amide bonds. The number of aromatic nitrogens is 1. The Morgan fingerprint density at radius 3 is 2.75 bits per heavy atom. The molecule has 4 rings (SSSR count). The molecular formula is C21H16FN3O3. The van der Waals surface area contributed by atoms with E-state index >= 15 is 0 Å². The van der Waals surface area contributed by atoms with Crippen molar-refractivity contribution in [1.82, 2.24) is 4.57 Å². The van der Waals surface area contributed by atoms with Crippen LogP contribution >= 0.6 is 0 Å². The van der Waals surface area contributed by atoms with Crippen molar-refractivity contribution in [2.45, 2.75) is 19.4 Å². The fraction of sp³-hybridized carbons (Fsp3) is 0.143. The number of halogens is 1. The van der Waals surface area contributed by atoms with Gasteiger partial charge in [-0.25, -0.2) is 4.39 Å². The van der Waals surface area contributed by atoms with E-state index in [4.69, 9.17) is 14.9 Å². The molecule has 0 saturated carbocycles. The van der Waals surface area contributed by atoms with Crippen molar-refractivity contribution in [3.8, 4) is 11.8 Å². The highest BCUT2D eigenvalue weighted by Gasteiger charge is 2.35. The van der Waals surface area contributed by atoms with Gasteiger partial charge >= 0.3 is 0 Å². The summed E-state index contributed by atoms with van der Waals surface area (Å²) in [4.78, 5) is 13.4. The highest BCUT2D eigenvalue weighted by Crippen LogP contribution is 2.41. The van der Waals surface area contributed by atoms with Crippen LogP contribution in [-0.4, -0.2) is 4.57 Å². The zero-order chi connectivity index (χ0) is 19.8. The quantitative estimate of drug-likeness (QED) is 0.757. The summed E-state index contributed by atoms with van der Waals surface area (Å²) >= 11 is 0. The SMILES string of the molecule is Cc1cc2c(c(=O)n1Cc1ccco1)C(c1ccccc1F)C(C#N)=C(N)O2. The second-order valence-corrected chi connectivity index (χ2v) is 6.48. The number of furan rings is 1. The third kappa shape index (κ3) is 2.76. The molecule has 1 aliphatic heterocycles. The van der Waals surface area contributed by atoms with Crippen molar-refractivity contribution in [2.75, 3.05) is 0 Å². The standard InChI is InChI=1S/C21H16FN3O3/c1-12-9-17-19(21(26)25(12)11-13-5-4-8-27-13)18(15(10-23)20(24)28-17)14-6-2-3-7-16(14)22/h2-9,18H,11,24H2,1H3. The summed E-state index contributed by atoms with van der Waals surface area (Å²) < 4.78 is 27.0. The lowest BCUT2D eigenvalue weighted by Crippen LogP contribution is -2.33. The summed E-state index contributed by atoms with van der Waals surface area (Å²) in [6.07, 6.45) is 1.52. The van der Waals surface area contributed by atoms with Gasteiger partial charge < -0.3 is 19.5 Å². The Hall–Kier alpha value is -3.79. The van der Waals surface area contributed by atoms with Gasteiger partial charge in [-0.1, -0.05) is 18.2 Å². The van der Waals surface area contributed by atoms with Crippen LogP contribution in [0.5, 0.6) is 5.75 Å². The maximum Gasteiger partial charge on any atom is 0.259 e. The molecule has 2 aromatic heterocycles. The molecule has 7 heteroatoms. The van der Waals surface area contributed by atoms with E-state index in [0.717, 1.165) is 0 Å². The van der Waals surface area contributed by atoms with Gasteiger partial charge in [-0.3, -0.25) is 4.79 Å². The average Bonchev–Trinajstić information content (AvgIpc) is 3.18. The first-order chi connectivity index (χ1) is 13.5. The summed E-state index contributed by atoms with van der Waals surface area (Å²) in [5.74, 6) is -0.793. The predicted molar refractivity (Wildman–Crippen MR) is 98.9 cm³/mol. The first-order valence-corrected chi connectivity index (χ1v) is 8.60. The second-order valence-electron chi connectivity index (χ2n) is 6.48. The fourth-order valence-electron chi connectivity index (χ4n) is 3.46. The molecule has 1 aromatic carbocycles. The van der Waals surface area contributed by atoms with Gasteiger partial charge in [-0.15, -0.1) is 0 Å². The molecule has 3 heterocycles. The second kappa shape index (κ2) is 6.74. The van der Waals surface area contributed by atoms with Crippen LogP contribution in [-0.2, 0) is 6.54 Å². The zero-order valence-electron chi connectivity index (χ0n) is 15.0. The Bertz CT molecular complexity index is 1190. The number of rotatable bonds is 3. The lowest BCUT2D eigenvalue weighted by molar-refractivity contribution is 0.386. The number of nitriles is 1. The monoisotopic (exact) mass is 377 g/mol. The number of hydrogen-bond acceptors (Lipinski definition) is 5. The Labute approximate surface area is 159 Å². The van der Waals surface area contributed by atoms with Crippen molar-refractivity contribution < 1.29 is 13.5 Å². The molecule has 3 aromatic rings. The van der Waals surface area contributed by atoms with Crippen LogP contribution in [0.1, 0.15) is 28.5 Å². The summed E-state index contributed by atoms with van der Waals surface area (Å²) in [6, 6.07) is 13.1. The number of pyridine rings is 1. The first-order valence-electron chi connectivity index (χ1n) is 8.60. The van der Waals surface area contributed by atoms with E-state index in [0.29, 0.717) is 11.5 Å². The topological polar surface area (TPSA) is 94.2 Å². The summed E-state index contributed by atoms with van der Waals surface area (Å²) in [7, 11) is 0. The Kier molecular flexibility index (Phi) is 4.24. The van der Waals surface area contributed by atoms with Gasteiger partial charge in [-0.2, -0.15) is 5.26 Å². The molecule has 0 radical (unpaired) electrons. The number of aryl methyl sites for hydroxylation is 1. The van der Waals surface area contributed by atoms with Crippen LogP contribution in [0.25, 0.3) is 0 Å². The molecule has 0 saturated heterocycles. The highest BCUT2D eigenvalue weighted by molar-refractivity contribution is 5.55. The third-order valence-electron chi connectivity index (χ3n) is 4.80. The predicted octanol–water partition coefficient (Wildman–Crippen LogP) is 3.16. The van der Waals surface area contributed by atoms with Gasteiger partial charge in [0.25, 0.3) is 5.56 Å². The fourth-order valence-corrected chi connectivity index (χ4v) is 3.46. The minimum atomic E-state index is -0.953. The molecule has 0 fully saturated rings. The lowest BCUT2D eigenvalue weighted by atomic mass is 9.83. The maximum atomic E-state index is 14.6. The summed E-state index contributed by atoms with van der Waals surface area (Å²) in [6.45, 7) is 1.96. The molecular weight excluding hydrogens is 361 g/mol. The first kappa shape index (κ1) is 17.6. The number of nitrogens with two attached hydrogens (primary N) is 1. The van der Waals surface area contributed by atoms with Crippen molar-refractivity contribution in [2.24, 2.45) is 5.73 Å². The van der Waals surface area contributed by atoms with Crippen molar-refractivity contribution in [1.29, 1.82) is 5.26 Å². The van der Waals surface area contributed by atoms with Crippen molar-refractivity contribution in [3.63, 3.8) is 0 Å². The smallest absolute Gasteiger partial charge is 0.259 e. The normalized spacial score (nSPS) is 15.7. The van der Waals surface area contributed by atoms with Gasteiger partial charge in [-0.05, 0) is 25.1 Å². The third-order valence-corrected chi connectivity index (χ3v) is 4.80. The summed E-state index contributed by atoms with van der Waals surface area (Å²) in [5, 5.41) is 9.62. The van der Waals surface area contributed by atoms with Crippen LogP contribution in [0.2, 0.25) is 0 Å². The molecule has 140 valence electrons. The number of hydrogen-bond donors (Lipinski definition) is 1. The molecule has 1 unspecified atom stereocenters. The molecule has 28 heavy (non-hydrogen) atoms. The van der Waals surface area contributed by atoms with Gasteiger partial charge in [0, 0.05) is 17.3 Å². The van der Waals surface area contributed by atoms with Crippen molar-refractivity contribution >= 4 is 0 Å². The molecule has 2 N–H and O–H groups in total. The number of ether oxygens (including phenoxy) is 1. The Morgan fingerprint density at radius 2 is 2.07 bits per heavy atom. The Morgan fingerprint density at radius 1 is 1.29 bits per heavy atom. The van der Waals surface area contributed by atoms with Gasteiger partial charge in [0.1, 0.15) is 29.0 Å². The van der Waals surface area contributed by atoms with E-state index < -0.39 is 11.7 Å². The van der Waals surface area contributed by atoms with E-state index in [1.807, 2.05) is 6.07 Å². The van der Waals surface area contributed by atoms with Crippen LogP contribution in [0.4, 0.5) is 4.39 Å². The maximum absolute atomic E-state index is 14.6. The number of benzene rings is 1. The molecule has 1 aliphatic rings. The van der Waals surface area contributed by atoms with E-state index in [2.05, 4.69) is 0 Å². The van der Waals surface area contributed by atoms with Crippen molar-refractivity contribution in [3.05, 3.63) is 98.9 Å². The molecule has 0 spiro atoms. The van der Waals surface area contributed by atoms with Gasteiger partial charge in [0.05, 0.1) is 24.3 Å². The van der Waals surface area contributed by atoms with Crippen LogP contribution in [0.15, 0.2) is 69.4 Å².